The first-order valence-corrected chi connectivity index (χ1v) is 12.5. The lowest BCUT2D eigenvalue weighted by atomic mass is 10.00. The van der Waals surface area contributed by atoms with Crippen LogP contribution in [0.15, 0.2) is 47.5 Å². The number of piperidine rings is 1. The van der Waals surface area contributed by atoms with Gasteiger partial charge >= 0.3 is 0 Å². The standard InChI is InChI=1S/C25H29N5O2S/c1-16-11-20-19(3-2-4-21(20)27-12-16)22(31)14-30-9-7-17(8-10-30)26-13-18-5-6-23-25(28-18)29-24(32)15-33-23/h2-6,11-12,17,22,26,31H,7-10,13-15H2,1H3,(H,28,29,32). The van der Waals surface area contributed by atoms with E-state index >= 15 is 0 Å². The second kappa shape index (κ2) is 9.77. The zero-order chi connectivity index (χ0) is 22.8. The van der Waals surface area contributed by atoms with Crippen LogP contribution in [0.25, 0.3) is 10.9 Å². The van der Waals surface area contributed by atoms with Crippen molar-refractivity contribution in [3.63, 3.8) is 0 Å². The average molecular weight is 464 g/mol. The lowest BCUT2D eigenvalue weighted by Crippen LogP contribution is -2.43. The number of aryl methyl sites for hydroxylation is 1. The van der Waals surface area contributed by atoms with Crippen LogP contribution in [0.3, 0.4) is 0 Å². The molecule has 2 aromatic heterocycles. The molecule has 4 heterocycles. The Morgan fingerprint density at radius 2 is 2.12 bits per heavy atom. The molecule has 2 aliphatic rings. The molecule has 172 valence electrons. The van der Waals surface area contributed by atoms with Crippen molar-refractivity contribution in [2.75, 3.05) is 30.7 Å². The number of hydrogen-bond acceptors (Lipinski definition) is 7. The van der Waals surface area contributed by atoms with E-state index < -0.39 is 6.10 Å². The number of amides is 1. The van der Waals surface area contributed by atoms with Crippen molar-refractivity contribution in [1.82, 2.24) is 20.2 Å². The van der Waals surface area contributed by atoms with Gasteiger partial charge in [0.05, 0.1) is 28.0 Å². The Morgan fingerprint density at radius 3 is 2.97 bits per heavy atom. The number of pyridine rings is 2. The van der Waals surface area contributed by atoms with Crippen LogP contribution < -0.4 is 10.6 Å². The Labute approximate surface area is 198 Å². The number of benzene rings is 1. The fourth-order valence-corrected chi connectivity index (χ4v) is 5.34. The van der Waals surface area contributed by atoms with E-state index in [2.05, 4.69) is 31.6 Å². The summed E-state index contributed by atoms with van der Waals surface area (Å²) in [5.41, 5.74) is 3.92. The van der Waals surface area contributed by atoms with Crippen molar-refractivity contribution in [2.45, 2.75) is 43.4 Å². The first kappa shape index (κ1) is 22.3. The summed E-state index contributed by atoms with van der Waals surface area (Å²) in [6, 6.07) is 12.6. The molecule has 1 unspecified atom stereocenters. The molecule has 0 saturated carbocycles. The fraction of sp³-hybridized carbons (Fsp3) is 0.400. The molecule has 0 spiro atoms. The maximum absolute atomic E-state index is 11.6. The summed E-state index contributed by atoms with van der Waals surface area (Å²) in [6.45, 7) is 5.23. The number of fused-ring (bicyclic) bond motifs is 2. The number of β-amino-alcohol motifs (C(OH)–C–C–N with tert-alkyl or cyclic N) is 1. The molecule has 3 N–H and O–H groups in total. The SMILES string of the molecule is Cc1cnc2cccc(C(O)CN3CCC(NCc4ccc5c(n4)NC(=O)CS5)CC3)c2c1. The Bertz CT molecular complexity index is 1160. The molecule has 2 aliphatic heterocycles. The van der Waals surface area contributed by atoms with Crippen LogP contribution >= 0.6 is 11.8 Å². The maximum atomic E-state index is 11.6. The van der Waals surface area contributed by atoms with E-state index in [1.807, 2.05) is 43.5 Å². The second-order valence-electron chi connectivity index (χ2n) is 8.88. The van der Waals surface area contributed by atoms with E-state index in [0.717, 1.165) is 58.6 Å². The highest BCUT2D eigenvalue weighted by Gasteiger charge is 2.23. The Kier molecular flexibility index (Phi) is 6.59. The molecule has 1 aromatic carbocycles. The van der Waals surface area contributed by atoms with Gasteiger partial charge in [-0.1, -0.05) is 12.1 Å². The Hall–Kier alpha value is -2.52. The van der Waals surface area contributed by atoms with E-state index in [1.165, 1.54) is 11.8 Å². The molecule has 0 radical (unpaired) electrons. The van der Waals surface area contributed by atoms with Gasteiger partial charge in [-0.15, -0.1) is 11.8 Å². The van der Waals surface area contributed by atoms with Crippen LogP contribution in [0.2, 0.25) is 0 Å². The fourth-order valence-electron chi connectivity index (χ4n) is 4.58. The van der Waals surface area contributed by atoms with E-state index in [0.29, 0.717) is 30.7 Å². The molecule has 7 nitrogen and oxygen atoms in total. The number of nitrogens with one attached hydrogen (secondary N) is 2. The number of anilines is 1. The molecule has 5 rings (SSSR count). The first-order chi connectivity index (χ1) is 16.0. The smallest absolute Gasteiger partial charge is 0.235 e. The van der Waals surface area contributed by atoms with Crippen LogP contribution in [-0.2, 0) is 11.3 Å². The average Bonchev–Trinajstić information content (AvgIpc) is 2.83. The molecule has 0 aliphatic carbocycles. The molecule has 1 atom stereocenters. The van der Waals surface area contributed by atoms with E-state index in [9.17, 15) is 9.90 Å². The molecule has 1 saturated heterocycles. The predicted octanol–water partition coefficient (Wildman–Crippen LogP) is 3.27. The van der Waals surface area contributed by atoms with Gasteiger partial charge in [0.2, 0.25) is 5.91 Å². The number of rotatable bonds is 6. The second-order valence-corrected chi connectivity index (χ2v) is 9.90. The van der Waals surface area contributed by atoms with E-state index in [4.69, 9.17) is 0 Å². The summed E-state index contributed by atoms with van der Waals surface area (Å²) >= 11 is 1.53. The summed E-state index contributed by atoms with van der Waals surface area (Å²) in [5.74, 6) is 1.14. The summed E-state index contributed by atoms with van der Waals surface area (Å²) in [7, 11) is 0. The minimum atomic E-state index is -0.533. The molecule has 8 heteroatoms. The molecule has 1 amide bonds. The topological polar surface area (TPSA) is 90.4 Å². The Morgan fingerprint density at radius 1 is 1.27 bits per heavy atom. The van der Waals surface area contributed by atoms with Crippen molar-refractivity contribution < 1.29 is 9.90 Å². The number of thioether (sulfide) groups is 1. The van der Waals surface area contributed by atoms with Crippen molar-refractivity contribution in [3.05, 3.63) is 59.4 Å². The maximum Gasteiger partial charge on any atom is 0.235 e. The zero-order valence-electron chi connectivity index (χ0n) is 18.8. The zero-order valence-corrected chi connectivity index (χ0v) is 19.6. The van der Waals surface area contributed by atoms with E-state index in [-0.39, 0.29) is 5.91 Å². The number of aromatic nitrogens is 2. The molecular formula is C25H29N5O2S. The summed E-state index contributed by atoms with van der Waals surface area (Å²) in [4.78, 5) is 24.1. The highest BCUT2D eigenvalue weighted by molar-refractivity contribution is 8.00. The highest BCUT2D eigenvalue weighted by atomic mass is 32.2. The van der Waals surface area contributed by atoms with Gasteiger partial charge in [-0.25, -0.2) is 4.98 Å². The minimum absolute atomic E-state index is 0.00886. The van der Waals surface area contributed by atoms with Gasteiger partial charge < -0.3 is 20.6 Å². The van der Waals surface area contributed by atoms with E-state index in [1.54, 1.807) is 0 Å². The van der Waals surface area contributed by atoms with Crippen LogP contribution in [0.4, 0.5) is 5.82 Å². The molecular weight excluding hydrogens is 434 g/mol. The monoisotopic (exact) mass is 463 g/mol. The number of likely N-dealkylation sites (tertiary alicyclic amines) is 1. The molecule has 33 heavy (non-hydrogen) atoms. The minimum Gasteiger partial charge on any atom is -0.387 e. The van der Waals surface area contributed by atoms with Crippen LogP contribution in [-0.4, -0.2) is 57.3 Å². The number of aliphatic hydroxyl groups excluding tert-OH is 1. The quantitative estimate of drug-likeness (QED) is 0.517. The van der Waals surface area contributed by atoms with Crippen LogP contribution in [0, 0.1) is 6.92 Å². The summed E-state index contributed by atoms with van der Waals surface area (Å²) < 4.78 is 0. The number of nitrogens with zero attached hydrogens (tertiary/aromatic N) is 3. The van der Waals surface area contributed by atoms with Crippen molar-refractivity contribution in [1.29, 1.82) is 0 Å². The molecule has 3 aromatic rings. The van der Waals surface area contributed by atoms with Crippen molar-refractivity contribution in [2.24, 2.45) is 0 Å². The number of aliphatic hydroxyl groups is 1. The van der Waals surface area contributed by atoms with Gasteiger partial charge in [0.15, 0.2) is 0 Å². The predicted molar refractivity (Wildman–Crippen MR) is 131 cm³/mol. The van der Waals surface area contributed by atoms with Gasteiger partial charge in [0.25, 0.3) is 0 Å². The van der Waals surface area contributed by atoms with Crippen LogP contribution in [0.1, 0.15) is 35.8 Å². The number of carbonyl (C=O) groups excluding carboxylic acids is 1. The van der Waals surface area contributed by atoms with Gasteiger partial charge in [-0.2, -0.15) is 0 Å². The first-order valence-electron chi connectivity index (χ1n) is 11.5. The van der Waals surface area contributed by atoms with Crippen molar-refractivity contribution >= 4 is 34.4 Å². The Balaban J connectivity index is 1.13. The third-order valence-corrected chi connectivity index (χ3v) is 7.43. The highest BCUT2D eigenvalue weighted by Crippen LogP contribution is 2.30. The summed E-state index contributed by atoms with van der Waals surface area (Å²) in [6.07, 6.45) is 3.39. The number of hydrogen-bond donors (Lipinski definition) is 3. The number of carbonyl (C=O) groups is 1. The van der Waals surface area contributed by atoms with Gasteiger partial charge in [0.1, 0.15) is 5.82 Å². The third kappa shape index (κ3) is 5.19. The lowest BCUT2D eigenvalue weighted by molar-refractivity contribution is -0.113. The third-order valence-electron chi connectivity index (χ3n) is 6.38. The van der Waals surface area contributed by atoms with Gasteiger partial charge in [-0.3, -0.25) is 9.78 Å². The van der Waals surface area contributed by atoms with Gasteiger partial charge in [-0.05, 0) is 68.2 Å². The van der Waals surface area contributed by atoms with Gasteiger partial charge in [0, 0.05) is 30.7 Å². The molecule has 0 bridgehead atoms. The molecule has 1 fully saturated rings. The van der Waals surface area contributed by atoms with Crippen LogP contribution in [0.5, 0.6) is 0 Å². The van der Waals surface area contributed by atoms with Crippen molar-refractivity contribution in [3.8, 4) is 0 Å². The largest absolute Gasteiger partial charge is 0.387 e. The normalized spacial score (nSPS) is 18.2. The summed E-state index contributed by atoms with van der Waals surface area (Å²) in [5, 5.41) is 18.5. The lowest BCUT2D eigenvalue weighted by Gasteiger charge is -2.33.